The monoisotopic (exact) mass is 329 g/mol. The molecule has 2 unspecified atom stereocenters. The summed E-state index contributed by atoms with van der Waals surface area (Å²) >= 11 is 0. The van der Waals surface area contributed by atoms with Crippen LogP contribution in [0.2, 0.25) is 0 Å². The van der Waals surface area contributed by atoms with Gasteiger partial charge in [-0.25, -0.2) is 0 Å². The predicted molar refractivity (Wildman–Crippen MR) is 95.0 cm³/mol. The van der Waals surface area contributed by atoms with E-state index in [9.17, 15) is 9.59 Å². The van der Waals surface area contributed by atoms with E-state index in [1.807, 2.05) is 13.0 Å². The number of piperidine rings is 1. The maximum Gasteiger partial charge on any atom is 0.251 e. The topological polar surface area (TPSA) is 70.2 Å². The van der Waals surface area contributed by atoms with Gasteiger partial charge in [-0.15, -0.1) is 0 Å². The van der Waals surface area contributed by atoms with Crippen molar-refractivity contribution in [2.24, 2.45) is 5.92 Å². The van der Waals surface area contributed by atoms with Crippen LogP contribution in [-0.4, -0.2) is 30.4 Å². The first kappa shape index (κ1) is 17.0. The zero-order valence-corrected chi connectivity index (χ0v) is 14.3. The van der Waals surface area contributed by atoms with E-state index in [0.29, 0.717) is 42.2 Å². The fraction of sp³-hybridized carbons (Fsp3) is 0.579. The Kier molecular flexibility index (Phi) is 5.51. The number of benzene rings is 1. The van der Waals surface area contributed by atoms with Gasteiger partial charge in [-0.2, -0.15) is 0 Å². The van der Waals surface area contributed by atoms with Crippen LogP contribution in [0.5, 0.6) is 0 Å². The van der Waals surface area contributed by atoms with E-state index in [1.54, 1.807) is 18.2 Å². The average Bonchev–Trinajstić information content (AvgIpc) is 2.91. The molecule has 5 heteroatoms. The molecule has 5 nitrogen and oxygen atoms in total. The number of fused-ring (bicyclic) bond motifs is 2. The van der Waals surface area contributed by atoms with E-state index in [1.165, 1.54) is 12.8 Å². The van der Waals surface area contributed by atoms with Crippen LogP contribution in [0, 0.1) is 5.92 Å². The average molecular weight is 329 g/mol. The SMILES string of the molecule is CCCNC(=O)c1cccc(NC(=O)CC2CC3CCC(C2)N3)c1. The molecule has 1 aromatic carbocycles. The lowest BCUT2D eigenvalue weighted by atomic mass is 9.89. The minimum Gasteiger partial charge on any atom is -0.352 e. The normalized spacial score (nSPS) is 25.3. The molecule has 0 aromatic heterocycles. The number of anilines is 1. The third kappa shape index (κ3) is 4.35. The number of nitrogens with one attached hydrogen (secondary N) is 3. The maximum atomic E-state index is 12.3. The van der Waals surface area contributed by atoms with Crippen molar-refractivity contribution in [2.75, 3.05) is 11.9 Å². The standard InChI is InChI=1S/C19H27N3O2/c1-2-8-20-19(24)14-4-3-5-15(12-14)22-18(23)11-13-9-16-6-7-17(10-13)21-16/h3-5,12-13,16-17,21H,2,6-11H2,1H3,(H,20,24)(H,22,23). The van der Waals surface area contributed by atoms with Crippen LogP contribution in [0.1, 0.15) is 55.8 Å². The largest absolute Gasteiger partial charge is 0.352 e. The molecule has 2 amide bonds. The third-order valence-electron chi connectivity index (χ3n) is 4.99. The van der Waals surface area contributed by atoms with Gasteiger partial charge in [-0.3, -0.25) is 9.59 Å². The van der Waals surface area contributed by atoms with Gasteiger partial charge in [0.2, 0.25) is 5.91 Å². The van der Waals surface area contributed by atoms with Gasteiger partial charge in [0.1, 0.15) is 0 Å². The molecule has 0 saturated carbocycles. The molecule has 2 aliphatic rings. The van der Waals surface area contributed by atoms with Gasteiger partial charge in [-0.05, 0) is 56.2 Å². The Bertz CT molecular complexity index is 590. The summed E-state index contributed by atoms with van der Waals surface area (Å²) < 4.78 is 0. The van der Waals surface area contributed by atoms with Gasteiger partial charge in [0.05, 0.1) is 0 Å². The Balaban J connectivity index is 1.53. The van der Waals surface area contributed by atoms with Crippen LogP contribution in [0.15, 0.2) is 24.3 Å². The zero-order valence-electron chi connectivity index (χ0n) is 14.3. The van der Waals surface area contributed by atoms with Crippen LogP contribution in [-0.2, 0) is 4.79 Å². The smallest absolute Gasteiger partial charge is 0.251 e. The summed E-state index contributed by atoms with van der Waals surface area (Å²) in [7, 11) is 0. The van der Waals surface area contributed by atoms with E-state index in [0.717, 1.165) is 19.3 Å². The lowest BCUT2D eigenvalue weighted by Crippen LogP contribution is -2.39. The molecule has 2 atom stereocenters. The molecule has 3 rings (SSSR count). The summed E-state index contributed by atoms with van der Waals surface area (Å²) in [4.78, 5) is 24.3. The van der Waals surface area contributed by atoms with Crippen LogP contribution in [0.3, 0.4) is 0 Å². The summed E-state index contributed by atoms with van der Waals surface area (Å²) in [5.74, 6) is 0.426. The van der Waals surface area contributed by atoms with Crippen molar-refractivity contribution in [3.63, 3.8) is 0 Å². The van der Waals surface area contributed by atoms with Crippen molar-refractivity contribution in [3.05, 3.63) is 29.8 Å². The third-order valence-corrected chi connectivity index (χ3v) is 4.99. The van der Waals surface area contributed by atoms with Gasteiger partial charge < -0.3 is 16.0 Å². The highest BCUT2D eigenvalue weighted by atomic mass is 16.2. The molecule has 130 valence electrons. The highest BCUT2D eigenvalue weighted by Gasteiger charge is 2.34. The van der Waals surface area contributed by atoms with Crippen molar-refractivity contribution in [2.45, 2.75) is 57.5 Å². The second-order valence-electron chi connectivity index (χ2n) is 7.06. The molecule has 2 heterocycles. The van der Waals surface area contributed by atoms with Crippen LogP contribution < -0.4 is 16.0 Å². The van der Waals surface area contributed by atoms with Crippen LogP contribution >= 0.6 is 0 Å². The van der Waals surface area contributed by atoms with Crippen molar-refractivity contribution < 1.29 is 9.59 Å². The highest BCUT2D eigenvalue weighted by Crippen LogP contribution is 2.32. The first-order valence-electron chi connectivity index (χ1n) is 9.08. The van der Waals surface area contributed by atoms with E-state index < -0.39 is 0 Å². The number of carbonyl (C=O) groups excluding carboxylic acids is 2. The summed E-state index contributed by atoms with van der Waals surface area (Å²) in [5, 5.41) is 9.41. The summed E-state index contributed by atoms with van der Waals surface area (Å²) in [6.07, 6.45) is 6.17. The molecule has 2 fully saturated rings. The molecule has 0 spiro atoms. The molecule has 2 bridgehead atoms. The van der Waals surface area contributed by atoms with Gasteiger partial charge in [0.15, 0.2) is 0 Å². The van der Waals surface area contributed by atoms with Crippen LogP contribution in [0.4, 0.5) is 5.69 Å². The molecule has 1 aromatic rings. The predicted octanol–water partition coefficient (Wildman–Crippen LogP) is 2.69. The number of carbonyl (C=O) groups is 2. The fourth-order valence-corrected chi connectivity index (χ4v) is 3.89. The van der Waals surface area contributed by atoms with Gasteiger partial charge in [0.25, 0.3) is 5.91 Å². The fourth-order valence-electron chi connectivity index (χ4n) is 3.89. The lowest BCUT2D eigenvalue weighted by molar-refractivity contribution is -0.117. The minimum absolute atomic E-state index is 0.0485. The Labute approximate surface area is 143 Å². The number of hydrogen-bond donors (Lipinski definition) is 3. The van der Waals surface area contributed by atoms with Gasteiger partial charge in [-0.1, -0.05) is 13.0 Å². The first-order valence-corrected chi connectivity index (χ1v) is 9.08. The number of hydrogen-bond acceptors (Lipinski definition) is 3. The molecule has 0 radical (unpaired) electrons. The molecule has 3 N–H and O–H groups in total. The van der Waals surface area contributed by atoms with Crippen molar-refractivity contribution in [3.8, 4) is 0 Å². The second kappa shape index (κ2) is 7.79. The highest BCUT2D eigenvalue weighted by molar-refractivity contribution is 5.97. The quantitative estimate of drug-likeness (QED) is 0.751. The van der Waals surface area contributed by atoms with Crippen molar-refractivity contribution >= 4 is 17.5 Å². The maximum absolute atomic E-state index is 12.3. The Morgan fingerprint density at radius 2 is 1.96 bits per heavy atom. The van der Waals surface area contributed by atoms with Crippen molar-refractivity contribution in [1.82, 2.24) is 10.6 Å². The number of rotatable bonds is 6. The molecular weight excluding hydrogens is 302 g/mol. The Hall–Kier alpha value is -1.88. The zero-order chi connectivity index (χ0) is 16.9. The lowest BCUT2D eigenvalue weighted by Gasteiger charge is -2.28. The number of amides is 2. The first-order chi connectivity index (χ1) is 11.6. The van der Waals surface area contributed by atoms with Gasteiger partial charge in [0, 0.05) is 36.3 Å². The second-order valence-corrected chi connectivity index (χ2v) is 7.06. The van der Waals surface area contributed by atoms with E-state index >= 15 is 0 Å². The van der Waals surface area contributed by atoms with Crippen LogP contribution in [0.25, 0.3) is 0 Å². The summed E-state index contributed by atoms with van der Waals surface area (Å²) in [6, 6.07) is 8.36. The Morgan fingerprint density at radius 3 is 2.67 bits per heavy atom. The minimum atomic E-state index is -0.0946. The summed E-state index contributed by atoms with van der Waals surface area (Å²) in [6.45, 7) is 2.68. The molecule has 0 aliphatic carbocycles. The van der Waals surface area contributed by atoms with Gasteiger partial charge >= 0.3 is 0 Å². The molecule has 2 saturated heterocycles. The van der Waals surface area contributed by atoms with E-state index in [4.69, 9.17) is 0 Å². The van der Waals surface area contributed by atoms with E-state index in [2.05, 4.69) is 16.0 Å². The van der Waals surface area contributed by atoms with Crippen molar-refractivity contribution in [1.29, 1.82) is 0 Å². The molecular formula is C19H27N3O2. The Morgan fingerprint density at radius 1 is 1.21 bits per heavy atom. The van der Waals surface area contributed by atoms with E-state index in [-0.39, 0.29) is 11.8 Å². The molecule has 2 aliphatic heterocycles. The molecule has 24 heavy (non-hydrogen) atoms. The summed E-state index contributed by atoms with van der Waals surface area (Å²) in [5.41, 5.74) is 1.28.